The first-order valence-electron chi connectivity index (χ1n) is 12.6. The smallest absolute Gasteiger partial charge is 0.138 e. The monoisotopic (exact) mass is 487 g/mol. The zero-order valence-corrected chi connectivity index (χ0v) is 20.4. The highest BCUT2D eigenvalue weighted by atomic mass is 16.3. The quantitative estimate of drug-likeness (QED) is 0.249. The van der Waals surface area contributed by atoms with Gasteiger partial charge in [-0.1, -0.05) is 48.5 Å². The predicted molar refractivity (Wildman–Crippen MR) is 157 cm³/mol. The fourth-order valence-corrected chi connectivity index (χ4v) is 5.39. The van der Waals surface area contributed by atoms with Gasteiger partial charge in [-0.25, -0.2) is 4.98 Å². The second-order valence-corrected chi connectivity index (χ2v) is 9.58. The van der Waals surface area contributed by atoms with Crippen molar-refractivity contribution in [1.29, 1.82) is 0 Å². The number of rotatable bonds is 3. The first-order chi connectivity index (χ1) is 18.8. The van der Waals surface area contributed by atoms with Gasteiger partial charge < -0.3 is 4.42 Å². The molecule has 0 aliphatic rings. The third-order valence-electron chi connectivity index (χ3n) is 7.28. The van der Waals surface area contributed by atoms with Gasteiger partial charge in [0.1, 0.15) is 17.0 Å². The van der Waals surface area contributed by atoms with Crippen molar-refractivity contribution in [1.82, 2.24) is 9.97 Å². The lowest BCUT2D eigenvalue weighted by Crippen LogP contribution is -2.11. The fourth-order valence-electron chi connectivity index (χ4n) is 5.39. The van der Waals surface area contributed by atoms with Crippen molar-refractivity contribution in [3.05, 3.63) is 128 Å². The fraction of sp³-hybridized carbons (Fsp3) is 0. The third kappa shape index (κ3) is 3.31. The van der Waals surface area contributed by atoms with E-state index in [2.05, 4.69) is 107 Å². The summed E-state index contributed by atoms with van der Waals surface area (Å²) in [4.78, 5) is 11.5. The molecule has 178 valence electrons. The maximum absolute atomic E-state index is 6.39. The highest BCUT2D eigenvalue weighted by Gasteiger charge is 2.17. The molecule has 5 aromatic carbocycles. The van der Waals surface area contributed by atoms with Crippen LogP contribution in [0.25, 0.3) is 54.4 Å². The van der Waals surface area contributed by atoms with E-state index < -0.39 is 0 Å². The maximum atomic E-state index is 6.39. The number of hydrogen-bond donors (Lipinski definition) is 0. The molecule has 3 aromatic heterocycles. The Balaban J connectivity index is 1.35. The number of fused-ring (bicyclic) bond motifs is 6. The summed E-state index contributed by atoms with van der Waals surface area (Å²) in [6.07, 6.45) is 3.70. The van der Waals surface area contributed by atoms with Crippen LogP contribution in [-0.4, -0.2) is 9.97 Å². The largest absolute Gasteiger partial charge is 0.456 e. The molecule has 0 aliphatic heterocycles. The molecule has 0 fully saturated rings. The van der Waals surface area contributed by atoms with E-state index in [1.54, 1.807) is 0 Å². The van der Waals surface area contributed by atoms with Crippen LogP contribution in [0, 0.1) is 0 Å². The number of para-hydroxylation sites is 1. The van der Waals surface area contributed by atoms with Gasteiger partial charge >= 0.3 is 0 Å². The number of nitrogens with zero attached hydrogens (tertiary/aromatic N) is 3. The molecule has 3 heterocycles. The minimum Gasteiger partial charge on any atom is -0.456 e. The number of pyridine rings is 2. The zero-order valence-electron chi connectivity index (χ0n) is 20.4. The van der Waals surface area contributed by atoms with Crippen molar-refractivity contribution in [3.63, 3.8) is 0 Å². The summed E-state index contributed by atoms with van der Waals surface area (Å²) in [7, 11) is 0. The van der Waals surface area contributed by atoms with Crippen LogP contribution in [0.1, 0.15) is 0 Å². The molecular weight excluding hydrogens is 466 g/mol. The van der Waals surface area contributed by atoms with Crippen LogP contribution in [0.4, 0.5) is 17.2 Å². The van der Waals surface area contributed by atoms with Gasteiger partial charge in [-0.3, -0.25) is 9.88 Å². The molecule has 0 bridgehead atoms. The van der Waals surface area contributed by atoms with E-state index in [1.165, 1.54) is 10.8 Å². The first kappa shape index (κ1) is 20.9. The van der Waals surface area contributed by atoms with Crippen LogP contribution < -0.4 is 4.90 Å². The summed E-state index contributed by atoms with van der Waals surface area (Å²) >= 11 is 0. The Kier molecular flexibility index (Phi) is 4.49. The van der Waals surface area contributed by atoms with E-state index in [4.69, 9.17) is 9.40 Å². The summed E-state index contributed by atoms with van der Waals surface area (Å²) in [5, 5.41) is 7.91. The Morgan fingerprint density at radius 2 is 1.26 bits per heavy atom. The maximum Gasteiger partial charge on any atom is 0.138 e. The molecule has 4 nitrogen and oxygen atoms in total. The van der Waals surface area contributed by atoms with Gasteiger partial charge in [0.2, 0.25) is 0 Å². The summed E-state index contributed by atoms with van der Waals surface area (Å²) in [5.74, 6) is 0.853. The topological polar surface area (TPSA) is 42.2 Å². The molecule has 0 spiro atoms. The zero-order chi connectivity index (χ0) is 25.1. The van der Waals surface area contributed by atoms with Crippen molar-refractivity contribution >= 4 is 71.6 Å². The van der Waals surface area contributed by atoms with Crippen LogP contribution in [0.5, 0.6) is 0 Å². The van der Waals surface area contributed by atoms with Crippen LogP contribution in [0.3, 0.4) is 0 Å². The molecule has 0 amide bonds. The van der Waals surface area contributed by atoms with E-state index in [9.17, 15) is 0 Å². The second kappa shape index (κ2) is 8.15. The van der Waals surface area contributed by atoms with Gasteiger partial charge in [-0.15, -0.1) is 0 Å². The summed E-state index contributed by atoms with van der Waals surface area (Å²) in [5.41, 5.74) is 4.69. The van der Waals surface area contributed by atoms with Gasteiger partial charge in [-0.2, -0.15) is 0 Å². The molecule has 0 saturated heterocycles. The highest BCUT2D eigenvalue weighted by molar-refractivity contribution is 6.10. The third-order valence-corrected chi connectivity index (χ3v) is 7.28. The Bertz CT molecular complexity index is 2080. The van der Waals surface area contributed by atoms with E-state index in [-0.39, 0.29) is 0 Å². The van der Waals surface area contributed by atoms with Gasteiger partial charge in [0.25, 0.3) is 0 Å². The number of furan rings is 1. The van der Waals surface area contributed by atoms with E-state index in [0.29, 0.717) is 0 Å². The molecule has 8 rings (SSSR count). The molecule has 4 heteroatoms. The Labute approximate surface area is 218 Å². The van der Waals surface area contributed by atoms with Crippen molar-refractivity contribution in [3.8, 4) is 0 Å². The number of aromatic nitrogens is 2. The second-order valence-electron chi connectivity index (χ2n) is 9.58. The van der Waals surface area contributed by atoms with Crippen LogP contribution in [-0.2, 0) is 0 Å². The molecule has 0 saturated carbocycles. The Hall–Kier alpha value is -5.22. The molecule has 0 atom stereocenters. The van der Waals surface area contributed by atoms with Gasteiger partial charge in [0.15, 0.2) is 0 Å². The van der Waals surface area contributed by atoms with Crippen molar-refractivity contribution in [2.24, 2.45) is 0 Å². The summed E-state index contributed by atoms with van der Waals surface area (Å²) in [6, 6.07) is 40.1. The molecule has 0 N–H and O–H groups in total. The Morgan fingerprint density at radius 1 is 0.526 bits per heavy atom. The van der Waals surface area contributed by atoms with Crippen LogP contribution >= 0.6 is 0 Å². The molecule has 0 aliphatic carbocycles. The average molecular weight is 488 g/mol. The minimum atomic E-state index is 0.840. The molecular formula is C34H21N3O. The van der Waals surface area contributed by atoms with E-state index in [1.807, 2.05) is 30.6 Å². The lowest BCUT2D eigenvalue weighted by atomic mass is 10.1. The normalized spacial score (nSPS) is 11.7. The number of anilines is 3. The summed E-state index contributed by atoms with van der Waals surface area (Å²) in [6.45, 7) is 0. The van der Waals surface area contributed by atoms with Crippen molar-refractivity contribution < 1.29 is 4.42 Å². The first-order valence-corrected chi connectivity index (χ1v) is 12.6. The van der Waals surface area contributed by atoms with Gasteiger partial charge in [0, 0.05) is 45.7 Å². The van der Waals surface area contributed by atoms with Crippen molar-refractivity contribution in [2.75, 3.05) is 4.90 Å². The summed E-state index contributed by atoms with van der Waals surface area (Å²) < 4.78 is 6.39. The minimum absolute atomic E-state index is 0.840. The SMILES string of the molecule is c1ccc2cc(N(c3ccc4c(c3)oc3cc5cnccc5cc34)c3ccc4ccccc4n3)ccc2c1. The number of hydrogen-bond acceptors (Lipinski definition) is 4. The predicted octanol–water partition coefficient (Wildman–Crippen LogP) is 9.31. The van der Waals surface area contributed by atoms with Gasteiger partial charge in [0.05, 0.1) is 11.2 Å². The van der Waals surface area contributed by atoms with Crippen molar-refractivity contribution in [2.45, 2.75) is 0 Å². The molecule has 8 aromatic rings. The van der Waals surface area contributed by atoms with Crippen LogP contribution in [0.2, 0.25) is 0 Å². The average Bonchev–Trinajstić information content (AvgIpc) is 3.32. The highest BCUT2D eigenvalue weighted by Crippen LogP contribution is 2.39. The number of benzene rings is 5. The molecule has 0 unspecified atom stereocenters. The standard InChI is InChI=1S/C34H21N3O/c1-2-7-24-17-27(11-9-22(24)5-1)37(34-14-10-23-6-3-4-8-31(23)36-34)28-12-13-29-30-18-25-15-16-35-21-26(25)19-32(30)38-33(29)20-28/h1-21H. The van der Waals surface area contributed by atoms with E-state index in [0.717, 1.165) is 60.8 Å². The van der Waals surface area contributed by atoms with E-state index >= 15 is 0 Å². The lowest BCUT2D eigenvalue weighted by Gasteiger charge is -2.25. The molecule has 0 radical (unpaired) electrons. The Morgan fingerprint density at radius 3 is 2.21 bits per heavy atom. The molecule has 38 heavy (non-hydrogen) atoms. The van der Waals surface area contributed by atoms with Gasteiger partial charge in [-0.05, 0) is 76.8 Å². The van der Waals surface area contributed by atoms with Crippen LogP contribution in [0.15, 0.2) is 132 Å². The lowest BCUT2D eigenvalue weighted by molar-refractivity contribution is 0.669.